The average molecular weight is 835 g/mol. The summed E-state index contributed by atoms with van der Waals surface area (Å²) in [5, 5.41) is 7.32. The van der Waals surface area contributed by atoms with Crippen LogP contribution in [0.4, 0.5) is 9.59 Å². The number of likely N-dealkylation sites (tertiary alicyclic amines) is 2. The van der Waals surface area contributed by atoms with E-state index in [1.165, 1.54) is 21.3 Å². The molecule has 3 aromatic carbocycles. The van der Waals surface area contributed by atoms with E-state index < -0.39 is 30.4 Å². The monoisotopic (exact) mass is 834 g/mol. The summed E-state index contributed by atoms with van der Waals surface area (Å²) in [7, 11) is 4.06. The SMILES string of the molecule is COC(=O)NC(C(=O)N1C(C)CCC1c1ncc(-c2ccc3c(c2)COc2cc4c(ccc5[nH]c(C6CCC(C)N6C(=O)C(NC(=O)OC)C(C)OC)nc54)cc2-3)[nH]1)C(C)C. The molecule has 8 rings (SSSR count). The average Bonchev–Trinajstić information content (AvgIpc) is 4.08. The first-order valence-electron chi connectivity index (χ1n) is 21.0. The van der Waals surface area contributed by atoms with Gasteiger partial charge >= 0.3 is 12.2 Å². The highest BCUT2D eigenvalue weighted by atomic mass is 16.5. The molecule has 7 unspecified atom stereocenters. The minimum atomic E-state index is -0.934. The third kappa shape index (κ3) is 7.62. The zero-order valence-corrected chi connectivity index (χ0v) is 35.8. The second-order valence-electron chi connectivity index (χ2n) is 16.8. The Morgan fingerprint density at radius 2 is 1.44 bits per heavy atom. The molecule has 4 amide bonds. The van der Waals surface area contributed by atoms with Gasteiger partial charge in [-0.15, -0.1) is 0 Å². The van der Waals surface area contributed by atoms with Gasteiger partial charge in [-0.05, 0) is 98.7 Å². The second-order valence-corrected chi connectivity index (χ2v) is 16.8. The number of amides is 4. The molecule has 2 aromatic heterocycles. The van der Waals surface area contributed by atoms with E-state index in [0.29, 0.717) is 24.7 Å². The number of alkyl carbamates (subject to hydrolysis) is 2. The summed E-state index contributed by atoms with van der Waals surface area (Å²) in [6.45, 7) is 9.95. The van der Waals surface area contributed by atoms with Gasteiger partial charge in [0.15, 0.2) is 0 Å². The van der Waals surface area contributed by atoms with Gasteiger partial charge in [0.1, 0.15) is 36.1 Å². The van der Waals surface area contributed by atoms with Crippen LogP contribution in [0.1, 0.15) is 89.6 Å². The number of rotatable bonds is 10. The molecule has 61 heavy (non-hydrogen) atoms. The highest BCUT2D eigenvalue weighted by molar-refractivity contribution is 6.07. The van der Waals surface area contributed by atoms with E-state index in [-0.39, 0.29) is 41.9 Å². The molecule has 16 heteroatoms. The van der Waals surface area contributed by atoms with Gasteiger partial charge in [0.2, 0.25) is 11.8 Å². The number of nitrogens with zero attached hydrogens (tertiary/aromatic N) is 4. The maximum absolute atomic E-state index is 14.0. The number of aromatic amines is 2. The number of carbonyl (C=O) groups excluding carboxylic acids is 4. The summed E-state index contributed by atoms with van der Waals surface area (Å²) in [5.41, 5.74) is 6.50. The Balaban J connectivity index is 1.05. The van der Waals surface area contributed by atoms with Crippen LogP contribution in [0.2, 0.25) is 0 Å². The van der Waals surface area contributed by atoms with Crippen molar-refractivity contribution in [3.63, 3.8) is 0 Å². The number of carbonyl (C=O) groups is 4. The lowest BCUT2D eigenvalue weighted by Crippen LogP contribution is -2.55. The number of nitrogens with one attached hydrogen (secondary N) is 4. The van der Waals surface area contributed by atoms with Crippen molar-refractivity contribution in [3.05, 3.63) is 65.9 Å². The Labute approximate surface area is 354 Å². The van der Waals surface area contributed by atoms with Crippen molar-refractivity contribution >= 4 is 45.8 Å². The van der Waals surface area contributed by atoms with E-state index in [0.717, 1.165) is 74.8 Å². The lowest BCUT2D eigenvalue weighted by Gasteiger charge is -2.33. The molecule has 5 aromatic rings. The molecule has 4 N–H and O–H groups in total. The van der Waals surface area contributed by atoms with E-state index in [1.807, 2.05) is 50.9 Å². The van der Waals surface area contributed by atoms with Gasteiger partial charge in [-0.2, -0.15) is 0 Å². The third-order valence-electron chi connectivity index (χ3n) is 12.7. The maximum Gasteiger partial charge on any atom is 0.407 e. The molecule has 5 heterocycles. The van der Waals surface area contributed by atoms with Gasteiger partial charge in [-0.3, -0.25) is 9.59 Å². The Morgan fingerprint density at radius 1 is 0.787 bits per heavy atom. The number of H-pyrrole nitrogens is 2. The minimum absolute atomic E-state index is 0.0198. The Morgan fingerprint density at radius 3 is 2.10 bits per heavy atom. The molecule has 2 fully saturated rings. The van der Waals surface area contributed by atoms with Crippen LogP contribution < -0.4 is 15.4 Å². The van der Waals surface area contributed by atoms with Crippen LogP contribution in [0.5, 0.6) is 5.75 Å². The van der Waals surface area contributed by atoms with Gasteiger partial charge in [-0.1, -0.05) is 32.0 Å². The zero-order chi connectivity index (χ0) is 43.3. The van der Waals surface area contributed by atoms with Crippen LogP contribution in [0.3, 0.4) is 0 Å². The number of ether oxygens (including phenoxy) is 4. The summed E-state index contributed by atoms with van der Waals surface area (Å²) in [4.78, 5) is 72.7. The van der Waals surface area contributed by atoms with Crippen molar-refractivity contribution in [1.29, 1.82) is 0 Å². The van der Waals surface area contributed by atoms with Crippen LogP contribution >= 0.6 is 0 Å². The minimum Gasteiger partial charge on any atom is -0.488 e. The highest BCUT2D eigenvalue weighted by Gasteiger charge is 2.43. The quantitative estimate of drug-likeness (QED) is 0.115. The van der Waals surface area contributed by atoms with Crippen LogP contribution in [-0.2, 0) is 30.4 Å². The Kier molecular flexibility index (Phi) is 11.4. The molecule has 322 valence electrons. The van der Waals surface area contributed by atoms with Gasteiger partial charge in [0.25, 0.3) is 0 Å². The van der Waals surface area contributed by atoms with E-state index in [1.54, 1.807) is 11.8 Å². The van der Waals surface area contributed by atoms with Crippen LogP contribution in [0.15, 0.2) is 48.7 Å². The molecule has 3 aliphatic rings. The number of fused-ring (bicyclic) bond motifs is 6. The molecule has 2 saturated heterocycles. The molecule has 7 atom stereocenters. The Hall–Kier alpha value is -6.16. The van der Waals surface area contributed by atoms with Crippen molar-refractivity contribution < 1.29 is 38.1 Å². The third-order valence-corrected chi connectivity index (χ3v) is 12.7. The predicted octanol–water partition coefficient (Wildman–Crippen LogP) is 6.91. The van der Waals surface area contributed by atoms with E-state index in [2.05, 4.69) is 50.9 Å². The number of hydrogen-bond donors (Lipinski definition) is 4. The number of aromatic nitrogens is 4. The van der Waals surface area contributed by atoms with Gasteiger partial charge < -0.3 is 49.3 Å². The molecular formula is C45H54N8O8. The molecule has 3 aliphatic heterocycles. The molecule has 0 aliphatic carbocycles. The normalized spacial score (nSPS) is 21.1. The van der Waals surface area contributed by atoms with E-state index in [9.17, 15) is 19.2 Å². The second kappa shape index (κ2) is 16.7. The van der Waals surface area contributed by atoms with Crippen LogP contribution in [0.25, 0.3) is 44.2 Å². The molecule has 0 saturated carbocycles. The zero-order valence-electron chi connectivity index (χ0n) is 35.8. The molecule has 16 nitrogen and oxygen atoms in total. The first-order chi connectivity index (χ1) is 29.3. The van der Waals surface area contributed by atoms with Crippen molar-refractivity contribution in [2.24, 2.45) is 5.92 Å². The fourth-order valence-corrected chi connectivity index (χ4v) is 9.25. The van der Waals surface area contributed by atoms with Crippen LogP contribution in [-0.4, -0.2) is 105 Å². The van der Waals surface area contributed by atoms with Crippen molar-refractivity contribution in [3.8, 4) is 28.1 Å². The first-order valence-corrected chi connectivity index (χ1v) is 21.0. The molecule has 0 spiro atoms. The van der Waals surface area contributed by atoms with Crippen LogP contribution in [0, 0.1) is 5.92 Å². The fraction of sp³-hybridized carbons (Fsp3) is 0.467. The standard InChI is InChI=1S/C45H54N8O8/c1-22(2)37(50-44(56)59-7)42(54)52-23(3)9-15-34(52)40-46-20-33(48-40)27-11-13-29-28(17-27)21-61-36-19-30-26(18-31(29)36)12-14-32-39(30)49-41(47-32)35-16-10-24(4)53(35)43(55)38(25(5)58-6)51-45(57)60-8/h11-14,17-20,22-25,34-35,37-38H,9-10,15-16,21H2,1-8H3,(H,46,48)(H,47,49)(H,50,56)(H,51,57). The largest absolute Gasteiger partial charge is 0.488 e. The summed E-state index contributed by atoms with van der Waals surface area (Å²) in [5.74, 6) is 1.59. The summed E-state index contributed by atoms with van der Waals surface area (Å²) >= 11 is 0. The van der Waals surface area contributed by atoms with Gasteiger partial charge in [-0.25, -0.2) is 19.6 Å². The lowest BCUT2D eigenvalue weighted by atomic mass is 9.92. The van der Waals surface area contributed by atoms with Crippen molar-refractivity contribution in [2.45, 2.75) is 109 Å². The molecule has 0 bridgehead atoms. The first kappa shape index (κ1) is 41.6. The summed E-state index contributed by atoms with van der Waals surface area (Å²) in [6.07, 6.45) is 2.94. The van der Waals surface area contributed by atoms with Crippen molar-refractivity contribution in [2.75, 3.05) is 21.3 Å². The fourth-order valence-electron chi connectivity index (χ4n) is 9.25. The Bertz CT molecular complexity index is 2500. The van der Waals surface area contributed by atoms with E-state index >= 15 is 0 Å². The number of hydrogen-bond acceptors (Lipinski definition) is 10. The van der Waals surface area contributed by atoms with Gasteiger partial charge in [0.05, 0.1) is 55.3 Å². The van der Waals surface area contributed by atoms with E-state index in [4.69, 9.17) is 28.9 Å². The topological polar surface area (TPSA) is 193 Å². The lowest BCUT2D eigenvalue weighted by molar-refractivity contribution is -0.139. The number of methoxy groups -OCH3 is 3. The summed E-state index contributed by atoms with van der Waals surface area (Å²) < 4.78 is 21.5. The molecule has 0 radical (unpaired) electrons. The van der Waals surface area contributed by atoms with Gasteiger partial charge in [0, 0.05) is 30.1 Å². The maximum atomic E-state index is 14.0. The number of benzene rings is 3. The van der Waals surface area contributed by atoms with Crippen molar-refractivity contribution in [1.82, 2.24) is 40.4 Å². The molecular weight excluding hydrogens is 781 g/mol. The number of imidazole rings is 2. The smallest absolute Gasteiger partial charge is 0.407 e. The summed E-state index contributed by atoms with van der Waals surface area (Å²) in [6, 6.07) is 12.2. The predicted molar refractivity (Wildman–Crippen MR) is 227 cm³/mol. The highest BCUT2D eigenvalue weighted by Crippen LogP contribution is 2.44.